The van der Waals surface area contributed by atoms with Gasteiger partial charge in [0.1, 0.15) is 5.75 Å². The maximum Gasteiger partial charge on any atom is 0.573 e. The van der Waals surface area contributed by atoms with Crippen molar-refractivity contribution in [2.45, 2.75) is 55.2 Å². The van der Waals surface area contributed by atoms with Crippen LogP contribution in [0.4, 0.5) is 13.2 Å². The third kappa shape index (κ3) is 3.86. The molecule has 2 atom stereocenters. The summed E-state index contributed by atoms with van der Waals surface area (Å²) in [7, 11) is -3.78. The quantitative estimate of drug-likeness (QED) is 0.828. The Morgan fingerprint density at radius 2 is 1.88 bits per heavy atom. The van der Waals surface area contributed by atoms with E-state index in [1.807, 2.05) is 0 Å². The number of aliphatic hydroxyl groups excluding tert-OH is 1. The molecule has 0 bridgehead atoms. The first-order valence-corrected chi connectivity index (χ1v) is 10.7. The summed E-state index contributed by atoms with van der Waals surface area (Å²) in [5, 5.41) is 10.1. The Bertz CT molecular complexity index is 769. The molecule has 26 heavy (non-hydrogen) atoms. The number of hydrogen-bond donors (Lipinski definition) is 1. The molecule has 0 aromatic heterocycles. The second-order valence-corrected chi connectivity index (χ2v) is 9.49. The summed E-state index contributed by atoms with van der Waals surface area (Å²) in [4.78, 5) is -0.188. The van der Waals surface area contributed by atoms with Crippen molar-refractivity contribution >= 4 is 9.84 Å². The van der Waals surface area contributed by atoms with Crippen molar-refractivity contribution < 1.29 is 31.4 Å². The first kappa shape index (κ1) is 19.5. The highest BCUT2D eigenvalue weighted by Crippen LogP contribution is 2.61. The Morgan fingerprint density at radius 1 is 1.23 bits per heavy atom. The third-order valence-electron chi connectivity index (χ3n) is 5.76. The maximum absolute atomic E-state index is 12.5. The van der Waals surface area contributed by atoms with Gasteiger partial charge < -0.3 is 9.84 Å². The van der Waals surface area contributed by atoms with E-state index in [0.29, 0.717) is 17.9 Å². The lowest BCUT2D eigenvalue weighted by Crippen LogP contribution is -2.24. The van der Waals surface area contributed by atoms with Gasteiger partial charge in [-0.3, -0.25) is 0 Å². The molecule has 2 aliphatic carbocycles. The van der Waals surface area contributed by atoms with Gasteiger partial charge in [0.05, 0.1) is 11.5 Å². The van der Waals surface area contributed by atoms with Gasteiger partial charge in [-0.15, -0.1) is 13.2 Å². The van der Waals surface area contributed by atoms with Crippen LogP contribution < -0.4 is 4.74 Å². The van der Waals surface area contributed by atoms with E-state index >= 15 is 0 Å². The van der Waals surface area contributed by atoms with Crippen LogP contribution in [0.3, 0.4) is 0 Å². The van der Waals surface area contributed by atoms with E-state index in [4.69, 9.17) is 0 Å². The summed E-state index contributed by atoms with van der Waals surface area (Å²) < 4.78 is 65.8. The number of alkyl halides is 3. The van der Waals surface area contributed by atoms with Crippen molar-refractivity contribution in [2.24, 2.45) is 11.8 Å². The van der Waals surface area contributed by atoms with Gasteiger partial charge in [0.15, 0.2) is 9.84 Å². The predicted octanol–water partition coefficient (Wildman–Crippen LogP) is 3.82. The number of rotatable bonds is 5. The molecule has 1 N–H and O–H groups in total. The van der Waals surface area contributed by atoms with Crippen LogP contribution in [0.25, 0.3) is 0 Å². The van der Waals surface area contributed by atoms with Gasteiger partial charge in [-0.1, -0.05) is 38.2 Å². The Morgan fingerprint density at radius 3 is 2.42 bits per heavy atom. The first-order chi connectivity index (χ1) is 12.1. The summed E-state index contributed by atoms with van der Waals surface area (Å²) in [5.41, 5.74) is -0.274. The van der Waals surface area contributed by atoms with Crippen LogP contribution in [0.2, 0.25) is 0 Å². The molecule has 8 heteroatoms. The predicted molar refractivity (Wildman–Crippen MR) is 89.7 cm³/mol. The number of hydrogen-bond acceptors (Lipinski definition) is 4. The molecule has 2 saturated carbocycles. The molecule has 0 amide bonds. The van der Waals surface area contributed by atoms with Crippen molar-refractivity contribution in [3.05, 3.63) is 23.8 Å². The lowest BCUT2D eigenvalue weighted by Gasteiger charge is -2.26. The van der Waals surface area contributed by atoms with Crippen LogP contribution in [0.5, 0.6) is 5.75 Å². The van der Waals surface area contributed by atoms with Crippen molar-refractivity contribution in [3.8, 4) is 5.75 Å². The Kier molecular flexibility index (Phi) is 5.03. The molecule has 0 aliphatic heterocycles. The molecule has 3 rings (SSSR count). The molecule has 0 heterocycles. The largest absolute Gasteiger partial charge is 0.573 e. The molecule has 2 fully saturated rings. The smallest absolute Gasteiger partial charge is 0.406 e. The fourth-order valence-corrected chi connectivity index (χ4v) is 5.48. The maximum atomic E-state index is 12.5. The van der Waals surface area contributed by atoms with Gasteiger partial charge in [0.25, 0.3) is 0 Å². The topological polar surface area (TPSA) is 63.6 Å². The zero-order valence-corrected chi connectivity index (χ0v) is 15.4. The van der Waals surface area contributed by atoms with Crippen molar-refractivity contribution in [1.82, 2.24) is 0 Å². The molecule has 2 unspecified atom stereocenters. The number of sulfone groups is 1. The van der Waals surface area contributed by atoms with Crippen LogP contribution in [-0.2, 0) is 15.3 Å². The Balaban J connectivity index is 1.98. The second kappa shape index (κ2) is 6.71. The summed E-state index contributed by atoms with van der Waals surface area (Å²) >= 11 is 0. The molecule has 2 aliphatic rings. The van der Waals surface area contributed by atoms with Gasteiger partial charge in [-0.25, -0.2) is 8.42 Å². The van der Waals surface area contributed by atoms with E-state index in [2.05, 4.69) is 4.74 Å². The number of benzene rings is 1. The highest BCUT2D eigenvalue weighted by atomic mass is 32.2. The third-order valence-corrected chi connectivity index (χ3v) is 6.89. The molecule has 1 aromatic rings. The monoisotopic (exact) mass is 392 g/mol. The van der Waals surface area contributed by atoms with E-state index in [9.17, 15) is 26.7 Å². The zero-order chi connectivity index (χ0) is 19.2. The van der Waals surface area contributed by atoms with E-state index in [1.165, 1.54) is 12.5 Å². The fourth-order valence-electron chi connectivity index (χ4n) is 4.48. The van der Waals surface area contributed by atoms with Gasteiger partial charge in [0.2, 0.25) is 0 Å². The van der Waals surface area contributed by atoms with Gasteiger partial charge in [0, 0.05) is 11.7 Å². The summed E-state index contributed by atoms with van der Waals surface area (Å²) in [6.45, 7) is -0.212. The minimum absolute atomic E-state index is 0.169. The summed E-state index contributed by atoms with van der Waals surface area (Å²) in [6.07, 6.45) is 2.27. The minimum atomic E-state index is -4.89. The SMILES string of the molecule is CS(=O)(=O)c1cc(OC(F)(F)F)ccc1C1(CO)CC1C1CCCCC1. The van der Waals surface area contributed by atoms with Crippen LogP contribution in [0.1, 0.15) is 44.1 Å². The molecule has 146 valence electrons. The van der Waals surface area contributed by atoms with Crippen LogP contribution >= 0.6 is 0 Å². The highest BCUT2D eigenvalue weighted by Gasteiger charge is 2.59. The normalized spacial score (nSPS) is 27.3. The van der Waals surface area contributed by atoms with Crippen LogP contribution in [0.15, 0.2) is 23.1 Å². The lowest BCUT2D eigenvalue weighted by molar-refractivity contribution is -0.274. The van der Waals surface area contributed by atoms with Crippen molar-refractivity contribution in [3.63, 3.8) is 0 Å². The van der Waals surface area contributed by atoms with Gasteiger partial charge in [-0.2, -0.15) is 0 Å². The molecular weight excluding hydrogens is 369 g/mol. The van der Waals surface area contributed by atoms with E-state index < -0.39 is 27.4 Å². The number of aliphatic hydroxyl groups is 1. The second-order valence-electron chi connectivity index (χ2n) is 7.50. The van der Waals surface area contributed by atoms with Crippen LogP contribution in [0, 0.1) is 11.8 Å². The van der Waals surface area contributed by atoms with Gasteiger partial charge >= 0.3 is 6.36 Å². The van der Waals surface area contributed by atoms with E-state index in [-0.39, 0.29) is 17.4 Å². The van der Waals surface area contributed by atoms with Gasteiger partial charge in [-0.05, 0) is 36.0 Å². The van der Waals surface area contributed by atoms with Crippen LogP contribution in [-0.4, -0.2) is 32.7 Å². The average Bonchev–Trinajstić information content (AvgIpc) is 3.29. The molecule has 4 nitrogen and oxygen atoms in total. The minimum Gasteiger partial charge on any atom is -0.406 e. The molecular formula is C18H23F3O4S. The summed E-state index contributed by atoms with van der Waals surface area (Å²) in [6, 6.07) is 3.42. The van der Waals surface area contributed by atoms with E-state index in [0.717, 1.165) is 44.1 Å². The number of halogens is 3. The Labute approximate surface area is 151 Å². The average molecular weight is 392 g/mol. The highest BCUT2D eigenvalue weighted by molar-refractivity contribution is 7.90. The first-order valence-electron chi connectivity index (χ1n) is 8.78. The molecule has 0 saturated heterocycles. The Hall–Kier alpha value is -1.28. The molecule has 0 spiro atoms. The lowest BCUT2D eigenvalue weighted by atomic mass is 9.81. The zero-order valence-electron chi connectivity index (χ0n) is 14.6. The summed E-state index contributed by atoms with van der Waals surface area (Å²) in [5.74, 6) is 0.0294. The standard InChI is InChI=1S/C18H23F3O4S/c1-26(23,24)16-9-13(25-18(19,20)21)7-8-14(16)17(11-22)10-15(17)12-5-3-2-4-6-12/h7-9,12,15,22H,2-6,10-11H2,1H3. The van der Waals surface area contributed by atoms with Crippen molar-refractivity contribution in [1.29, 1.82) is 0 Å². The van der Waals surface area contributed by atoms with Crippen molar-refractivity contribution in [2.75, 3.05) is 12.9 Å². The molecule has 1 aromatic carbocycles. The number of ether oxygens (including phenoxy) is 1. The van der Waals surface area contributed by atoms with E-state index in [1.54, 1.807) is 0 Å². The molecule has 0 radical (unpaired) electrons. The fraction of sp³-hybridized carbons (Fsp3) is 0.667.